The second kappa shape index (κ2) is 26.2. The summed E-state index contributed by atoms with van der Waals surface area (Å²) >= 11 is 1.80. The Hall–Kier alpha value is 0.270. The molecular formula is C35H72O2S. The van der Waals surface area contributed by atoms with Crippen LogP contribution < -0.4 is 0 Å². The van der Waals surface area contributed by atoms with Crippen LogP contribution in [-0.2, 0) is 0 Å². The van der Waals surface area contributed by atoms with Gasteiger partial charge in [0.1, 0.15) is 0 Å². The van der Waals surface area contributed by atoms with Crippen molar-refractivity contribution in [3.63, 3.8) is 0 Å². The molecule has 2 N–H and O–H groups in total. The van der Waals surface area contributed by atoms with Gasteiger partial charge in [0.2, 0.25) is 0 Å². The monoisotopic (exact) mass is 557 g/mol. The van der Waals surface area contributed by atoms with E-state index in [0.29, 0.717) is 0 Å². The predicted molar refractivity (Wildman–Crippen MR) is 174 cm³/mol. The fourth-order valence-corrected chi connectivity index (χ4v) is 6.96. The zero-order valence-corrected chi connectivity index (χ0v) is 27.9. The molecule has 0 aromatic rings. The van der Waals surface area contributed by atoms with E-state index in [1.54, 1.807) is 11.8 Å². The van der Waals surface area contributed by atoms with Crippen molar-refractivity contribution in [3.8, 4) is 0 Å². The first kappa shape index (κ1) is 38.3. The van der Waals surface area contributed by atoms with Gasteiger partial charge in [0.15, 0.2) is 0 Å². The van der Waals surface area contributed by atoms with E-state index in [4.69, 9.17) is 0 Å². The number of thioether (sulfide) groups is 1. The molecule has 0 saturated carbocycles. The molecule has 3 heteroatoms. The van der Waals surface area contributed by atoms with Crippen molar-refractivity contribution in [3.05, 3.63) is 0 Å². The van der Waals surface area contributed by atoms with Crippen molar-refractivity contribution in [1.29, 1.82) is 0 Å². The summed E-state index contributed by atoms with van der Waals surface area (Å²) in [4.78, 5) is 0. The molecule has 0 aliphatic rings. The smallest absolute Gasteiger partial charge is 0.0760 e. The van der Waals surface area contributed by atoms with Crippen LogP contribution >= 0.6 is 11.8 Å². The van der Waals surface area contributed by atoms with Crippen LogP contribution in [-0.4, -0.2) is 33.4 Å². The van der Waals surface area contributed by atoms with Gasteiger partial charge in [-0.25, -0.2) is 0 Å². The van der Waals surface area contributed by atoms with Crippen molar-refractivity contribution in [2.45, 2.75) is 194 Å². The summed E-state index contributed by atoms with van der Waals surface area (Å²) in [5, 5.41) is 21.0. The quantitative estimate of drug-likeness (QED) is 0.0900. The lowest BCUT2D eigenvalue weighted by Gasteiger charge is -2.32. The van der Waals surface area contributed by atoms with Crippen LogP contribution in [0.5, 0.6) is 0 Å². The Morgan fingerprint density at radius 3 is 1.45 bits per heavy atom. The van der Waals surface area contributed by atoms with Crippen LogP contribution in [0.15, 0.2) is 0 Å². The Kier molecular flexibility index (Phi) is 26.4. The molecule has 2 nitrogen and oxygen atoms in total. The molecule has 0 saturated heterocycles. The number of aliphatic hydroxyl groups is 2. The number of hydrogen-bond acceptors (Lipinski definition) is 3. The molecule has 0 bridgehead atoms. The van der Waals surface area contributed by atoms with Crippen molar-refractivity contribution >= 4 is 11.8 Å². The Bertz CT molecular complexity index is 479. The maximum Gasteiger partial charge on any atom is 0.0760 e. The maximum atomic E-state index is 11.1. The summed E-state index contributed by atoms with van der Waals surface area (Å²) in [5.41, 5.74) is -0.763. The molecule has 0 spiro atoms. The van der Waals surface area contributed by atoms with E-state index in [0.717, 1.165) is 36.3 Å². The fourth-order valence-electron chi connectivity index (χ4n) is 5.72. The molecule has 0 heterocycles. The highest BCUT2D eigenvalue weighted by molar-refractivity contribution is 8.00. The topological polar surface area (TPSA) is 40.5 Å². The third kappa shape index (κ3) is 24.1. The second-order valence-electron chi connectivity index (χ2n) is 13.5. The molecule has 0 aliphatic heterocycles. The van der Waals surface area contributed by atoms with Crippen LogP contribution in [0.4, 0.5) is 0 Å². The van der Waals surface area contributed by atoms with E-state index >= 15 is 0 Å². The van der Waals surface area contributed by atoms with Gasteiger partial charge in [-0.15, -0.1) is 0 Å². The highest BCUT2D eigenvalue weighted by Crippen LogP contribution is 2.30. The lowest BCUT2D eigenvalue weighted by atomic mass is 9.89. The maximum absolute atomic E-state index is 11.1. The molecule has 0 aromatic carbocycles. The zero-order valence-electron chi connectivity index (χ0n) is 27.1. The standard InChI is InChI=1S/C35H72O2S/c1-7-8-9-10-11-12-13-14-15-16-17-18-19-29-38-34(30-36)35(6,37)28-22-27-33(5)26-21-25-32(4)24-20-23-31(2)3/h31-34,36-37H,7-30H2,1-6H3. The average Bonchev–Trinajstić information content (AvgIpc) is 2.86. The minimum Gasteiger partial charge on any atom is -0.395 e. The first-order valence-corrected chi connectivity index (χ1v) is 18.2. The van der Waals surface area contributed by atoms with E-state index in [2.05, 4.69) is 34.6 Å². The number of unbranched alkanes of at least 4 members (excludes halogenated alkanes) is 12. The summed E-state index contributed by atoms with van der Waals surface area (Å²) in [5.74, 6) is 3.49. The highest BCUT2D eigenvalue weighted by atomic mass is 32.2. The molecule has 4 unspecified atom stereocenters. The number of aliphatic hydroxyl groups excluding tert-OH is 1. The van der Waals surface area contributed by atoms with Crippen LogP contribution in [0.2, 0.25) is 0 Å². The third-order valence-electron chi connectivity index (χ3n) is 8.68. The molecule has 4 atom stereocenters. The van der Waals surface area contributed by atoms with Gasteiger partial charge in [0, 0.05) is 0 Å². The molecule has 0 aliphatic carbocycles. The summed E-state index contributed by atoms with van der Waals surface area (Å²) in [6.45, 7) is 13.8. The fraction of sp³-hybridized carbons (Fsp3) is 1.00. The predicted octanol–water partition coefficient (Wildman–Crippen LogP) is 11.4. The lowest BCUT2D eigenvalue weighted by molar-refractivity contribution is 0.0292. The lowest BCUT2D eigenvalue weighted by Crippen LogP contribution is -2.39. The Balaban J connectivity index is 3.78. The van der Waals surface area contributed by atoms with Gasteiger partial charge >= 0.3 is 0 Å². The highest BCUT2D eigenvalue weighted by Gasteiger charge is 2.31. The van der Waals surface area contributed by atoms with Crippen LogP contribution in [0.3, 0.4) is 0 Å². The SMILES string of the molecule is CCCCCCCCCCCCCCCSC(CO)C(C)(O)CCCC(C)CCCC(C)CCCC(C)C. The normalized spacial score (nSPS) is 16.0. The van der Waals surface area contributed by atoms with E-state index < -0.39 is 5.60 Å². The Morgan fingerprint density at radius 2 is 1.00 bits per heavy atom. The van der Waals surface area contributed by atoms with Gasteiger partial charge in [0.25, 0.3) is 0 Å². The van der Waals surface area contributed by atoms with Gasteiger partial charge in [-0.1, -0.05) is 163 Å². The van der Waals surface area contributed by atoms with E-state index in [1.807, 2.05) is 6.92 Å². The molecule has 0 radical (unpaired) electrons. The second-order valence-corrected chi connectivity index (χ2v) is 14.8. The van der Waals surface area contributed by atoms with E-state index in [9.17, 15) is 10.2 Å². The van der Waals surface area contributed by atoms with Crippen molar-refractivity contribution in [2.75, 3.05) is 12.4 Å². The van der Waals surface area contributed by atoms with Crippen molar-refractivity contribution in [1.82, 2.24) is 0 Å². The number of rotatable bonds is 29. The first-order chi connectivity index (χ1) is 18.2. The van der Waals surface area contributed by atoms with Gasteiger partial charge in [-0.05, 0) is 43.3 Å². The Morgan fingerprint density at radius 1 is 0.579 bits per heavy atom. The molecule has 230 valence electrons. The molecule has 0 aromatic heterocycles. The van der Waals surface area contributed by atoms with Gasteiger partial charge < -0.3 is 10.2 Å². The Labute approximate surface area is 245 Å². The van der Waals surface area contributed by atoms with Crippen molar-refractivity contribution in [2.24, 2.45) is 17.8 Å². The summed E-state index contributed by atoms with van der Waals surface area (Å²) < 4.78 is 0. The van der Waals surface area contributed by atoms with Crippen molar-refractivity contribution < 1.29 is 10.2 Å². The minimum absolute atomic E-state index is 0.0539. The third-order valence-corrected chi connectivity index (χ3v) is 10.3. The zero-order chi connectivity index (χ0) is 28.5. The molecular weight excluding hydrogens is 484 g/mol. The molecule has 38 heavy (non-hydrogen) atoms. The van der Waals surface area contributed by atoms with E-state index in [1.165, 1.54) is 128 Å². The van der Waals surface area contributed by atoms with Crippen LogP contribution in [0.25, 0.3) is 0 Å². The minimum atomic E-state index is -0.763. The van der Waals surface area contributed by atoms with Gasteiger partial charge in [0.05, 0.1) is 17.5 Å². The van der Waals surface area contributed by atoms with E-state index in [-0.39, 0.29) is 11.9 Å². The molecule has 0 fully saturated rings. The largest absolute Gasteiger partial charge is 0.395 e. The summed E-state index contributed by atoms with van der Waals surface area (Å²) in [7, 11) is 0. The summed E-state index contributed by atoms with van der Waals surface area (Å²) in [6, 6.07) is 0. The first-order valence-electron chi connectivity index (χ1n) is 17.2. The van der Waals surface area contributed by atoms with Crippen LogP contribution in [0.1, 0.15) is 183 Å². The average molecular weight is 557 g/mol. The van der Waals surface area contributed by atoms with Gasteiger partial charge in [-0.2, -0.15) is 11.8 Å². The molecule has 0 rings (SSSR count). The summed E-state index contributed by atoms with van der Waals surface area (Å²) in [6.07, 6.45) is 29.1. The number of hydrogen-bond donors (Lipinski definition) is 2. The van der Waals surface area contributed by atoms with Crippen LogP contribution in [0, 0.1) is 17.8 Å². The molecule has 0 amide bonds. The van der Waals surface area contributed by atoms with Gasteiger partial charge in [-0.3, -0.25) is 0 Å².